The Balaban J connectivity index is 1.55. The largest absolute Gasteiger partial charge is 0.493 e. The van der Waals surface area contributed by atoms with Crippen LogP contribution in [0.15, 0.2) is 71.2 Å². The molecule has 0 radical (unpaired) electrons. The van der Waals surface area contributed by atoms with E-state index in [0.717, 1.165) is 0 Å². The summed E-state index contributed by atoms with van der Waals surface area (Å²) >= 11 is 8.67. The van der Waals surface area contributed by atoms with E-state index in [1.807, 2.05) is 31.2 Å². The minimum Gasteiger partial charge on any atom is -0.493 e. The summed E-state index contributed by atoms with van der Waals surface area (Å²) in [6.45, 7) is 8.82. The second-order valence-corrected chi connectivity index (χ2v) is 10.1. The minimum atomic E-state index is -0.340. The van der Waals surface area contributed by atoms with E-state index in [-0.39, 0.29) is 22.3 Å². The molecule has 8 heteroatoms. The smallest absolute Gasteiger partial charge is 0.257 e. The molecular formula is C27H28BrN3O3S. The molecule has 0 heterocycles. The van der Waals surface area contributed by atoms with Crippen molar-refractivity contribution in [3.63, 3.8) is 0 Å². The van der Waals surface area contributed by atoms with Crippen LogP contribution in [0.25, 0.3) is 0 Å². The Labute approximate surface area is 219 Å². The van der Waals surface area contributed by atoms with E-state index in [4.69, 9.17) is 17.0 Å². The van der Waals surface area contributed by atoms with E-state index >= 15 is 0 Å². The summed E-state index contributed by atoms with van der Waals surface area (Å²) < 4.78 is 6.15. The summed E-state index contributed by atoms with van der Waals surface area (Å²) in [7, 11) is 0. The third-order valence-corrected chi connectivity index (χ3v) is 5.96. The number of carbonyl (C=O) groups excluding carboxylic acids is 2. The second kappa shape index (κ2) is 11.5. The number of thiocarbonyl (C=S) groups is 1. The summed E-state index contributed by atoms with van der Waals surface area (Å²) in [6, 6.07) is 19.7. The van der Waals surface area contributed by atoms with Gasteiger partial charge in [0.25, 0.3) is 11.8 Å². The number of anilines is 2. The fraction of sp³-hybridized carbons (Fsp3) is 0.222. The van der Waals surface area contributed by atoms with E-state index in [1.165, 1.54) is 5.56 Å². The van der Waals surface area contributed by atoms with Crippen molar-refractivity contribution >= 4 is 56.4 Å². The quantitative estimate of drug-likeness (QED) is 0.302. The van der Waals surface area contributed by atoms with Crippen molar-refractivity contribution in [1.29, 1.82) is 0 Å². The van der Waals surface area contributed by atoms with Gasteiger partial charge in [0.2, 0.25) is 0 Å². The van der Waals surface area contributed by atoms with E-state index in [0.29, 0.717) is 39.3 Å². The molecule has 0 aromatic heterocycles. The van der Waals surface area contributed by atoms with Gasteiger partial charge in [0.05, 0.1) is 11.1 Å². The van der Waals surface area contributed by atoms with Gasteiger partial charge >= 0.3 is 0 Å². The third-order valence-electron chi connectivity index (χ3n) is 5.13. The van der Waals surface area contributed by atoms with Gasteiger partial charge < -0.3 is 15.4 Å². The Morgan fingerprint density at radius 3 is 1.97 bits per heavy atom. The van der Waals surface area contributed by atoms with Crippen LogP contribution in [0.3, 0.4) is 0 Å². The molecule has 3 N–H and O–H groups in total. The van der Waals surface area contributed by atoms with Crippen molar-refractivity contribution in [2.45, 2.75) is 33.1 Å². The zero-order valence-corrected chi connectivity index (χ0v) is 22.5. The van der Waals surface area contributed by atoms with Crippen molar-refractivity contribution in [3.05, 3.63) is 87.9 Å². The molecule has 35 heavy (non-hydrogen) atoms. The molecule has 0 spiro atoms. The number of halogens is 1. The molecule has 3 aromatic rings. The van der Waals surface area contributed by atoms with Crippen LogP contribution in [-0.2, 0) is 5.41 Å². The highest BCUT2D eigenvalue weighted by Crippen LogP contribution is 2.26. The van der Waals surface area contributed by atoms with Crippen molar-refractivity contribution in [2.75, 3.05) is 17.2 Å². The van der Waals surface area contributed by atoms with Gasteiger partial charge in [0, 0.05) is 22.5 Å². The van der Waals surface area contributed by atoms with Crippen LogP contribution in [0, 0.1) is 0 Å². The van der Waals surface area contributed by atoms with Crippen LogP contribution < -0.4 is 20.7 Å². The van der Waals surface area contributed by atoms with Crippen LogP contribution in [-0.4, -0.2) is 23.5 Å². The Morgan fingerprint density at radius 1 is 0.857 bits per heavy atom. The molecule has 0 saturated carbocycles. The van der Waals surface area contributed by atoms with Crippen LogP contribution in [0.2, 0.25) is 0 Å². The lowest BCUT2D eigenvalue weighted by molar-refractivity contribution is 0.0976. The highest BCUT2D eigenvalue weighted by molar-refractivity contribution is 9.10. The SMILES string of the molecule is CCOc1ccc(C(=O)NC(=S)Nc2ccc(NC(=O)c3ccc(C(C)(C)C)cc3)cc2)cc1Br. The summed E-state index contributed by atoms with van der Waals surface area (Å²) in [6.07, 6.45) is 0. The van der Waals surface area contributed by atoms with Gasteiger partial charge in [0.1, 0.15) is 5.75 Å². The molecule has 6 nitrogen and oxygen atoms in total. The fourth-order valence-corrected chi connectivity index (χ4v) is 3.92. The Hall–Kier alpha value is -3.23. The highest BCUT2D eigenvalue weighted by Gasteiger charge is 2.15. The van der Waals surface area contributed by atoms with E-state index in [2.05, 4.69) is 52.7 Å². The number of rotatable bonds is 6. The lowest BCUT2D eigenvalue weighted by atomic mass is 9.87. The molecule has 0 aliphatic carbocycles. The minimum absolute atomic E-state index is 0.0307. The number of benzene rings is 3. The van der Waals surface area contributed by atoms with Crippen molar-refractivity contribution in [2.24, 2.45) is 0 Å². The van der Waals surface area contributed by atoms with Crippen molar-refractivity contribution < 1.29 is 14.3 Å². The molecule has 0 bridgehead atoms. The molecule has 0 saturated heterocycles. The summed E-state index contributed by atoms with van der Waals surface area (Å²) in [5.41, 5.74) is 3.55. The number of ether oxygens (including phenoxy) is 1. The van der Waals surface area contributed by atoms with Crippen LogP contribution in [0.4, 0.5) is 11.4 Å². The molecular weight excluding hydrogens is 526 g/mol. The van der Waals surface area contributed by atoms with Gasteiger partial charge in [-0.3, -0.25) is 14.9 Å². The monoisotopic (exact) mass is 553 g/mol. The van der Waals surface area contributed by atoms with E-state index in [1.54, 1.807) is 42.5 Å². The molecule has 0 fully saturated rings. The lowest BCUT2D eigenvalue weighted by Gasteiger charge is -2.19. The van der Waals surface area contributed by atoms with Gasteiger partial charge in [-0.1, -0.05) is 32.9 Å². The predicted octanol–water partition coefficient (Wildman–Crippen LogP) is 6.52. The normalized spacial score (nSPS) is 10.9. The zero-order chi connectivity index (χ0) is 25.6. The Kier molecular flexibility index (Phi) is 8.64. The van der Waals surface area contributed by atoms with Crippen molar-refractivity contribution in [1.82, 2.24) is 5.32 Å². The molecule has 0 atom stereocenters. The average molecular weight is 555 g/mol. The number of nitrogens with one attached hydrogen (secondary N) is 3. The lowest BCUT2D eigenvalue weighted by Crippen LogP contribution is -2.34. The molecule has 2 amide bonds. The maximum atomic E-state index is 12.6. The average Bonchev–Trinajstić information content (AvgIpc) is 2.81. The second-order valence-electron chi connectivity index (χ2n) is 8.85. The first-order valence-corrected chi connectivity index (χ1v) is 12.3. The van der Waals surface area contributed by atoms with Gasteiger partial charge in [-0.25, -0.2) is 0 Å². The molecule has 0 aliphatic heterocycles. The van der Waals surface area contributed by atoms with Crippen LogP contribution in [0.5, 0.6) is 5.75 Å². The first-order valence-electron chi connectivity index (χ1n) is 11.1. The highest BCUT2D eigenvalue weighted by atomic mass is 79.9. The van der Waals surface area contributed by atoms with Gasteiger partial charge in [-0.2, -0.15) is 0 Å². The predicted molar refractivity (Wildman–Crippen MR) is 149 cm³/mol. The zero-order valence-electron chi connectivity index (χ0n) is 20.1. The molecule has 3 rings (SSSR count). The topological polar surface area (TPSA) is 79.5 Å². The maximum Gasteiger partial charge on any atom is 0.257 e. The number of amides is 2. The summed E-state index contributed by atoms with van der Waals surface area (Å²) in [4.78, 5) is 25.1. The third kappa shape index (κ3) is 7.37. The molecule has 3 aromatic carbocycles. The Morgan fingerprint density at radius 2 is 1.43 bits per heavy atom. The van der Waals surface area contributed by atoms with Gasteiger partial charge in [-0.15, -0.1) is 0 Å². The number of hydrogen-bond acceptors (Lipinski definition) is 4. The van der Waals surface area contributed by atoms with Crippen molar-refractivity contribution in [3.8, 4) is 5.75 Å². The maximum absolute atomic E-state index is 12.6. The molecule has 0 unspecified atom stereocenters. The first-order chi connectivity index (χ1) is 16.6. The van der Waals surface area contributed by atoms with E-state index in [9.17, 15) is 9.59 Å². The number of hydrogen-bond donors (Lipinski definition) is 3. The number of carbonyl (C=O) groups is 2. The van der Waals surface area contributed by atoms with Gasteiger partial charge in [-0.05, 0) is 101 Å². The molecule has 182 valence electrons. The van der Waals surface area contributed by atoms with Crippen LogP contribution >= 0.6 is 28.1 Å². The standard InChI is InChI=1S/C27H28BrN3O3S/c1-5-34-23-15-8-18(16-22(23)28)25(33)31-26(35)30-21-13-11-20(12-14-21)29-24(32)17-6-9-19(10-7-17)27(2,3)4/h6-16H,5H2,1-4H3,(H,29,32)(H2,30,31,33,35). The van der Waals surface area contributed by atoms with Gasteiger partial charge in [0.15, 0.2) is 5.11 Å². The summed E-state index contributed by atoms with van der Waals surface area (Å²) in [5.74, 6) is 0.141. The Bertz CT molecular complexity index is 1220. The summed E-state index contributed by atoms with van der Waals surface area (Å²) in [5, 5.41) is 8.68. The first kappa shape index (κ1) is 26.4. The van der Waals surface area contributed by atoms with Crippen LogP contribution in [0.1, 0.15) is 54.0 Å². The molecule has 0 aliphatic rings. The fourth-order valence-electron chi connectivity index (χ4n) is 3.21. The van der Waals surface area contributed by atoms with E-state index < -0.39 is 0 Å².